The maximum Gasteiger partial charge on any atom is 0.228 e. The molecule has 0 aromatic carbocycles. The van der Waals surface area contributed by atoms with E-state index in [1.54, 1.807) is 31.0 Å². The summed E-state index contributed by atoms with van der Waals surface area (Å²) in [5.41, 5.74) is 1.13. The summed E-state index contributed by atoms with van der Waals surface area (Å²) in [5.74, 6) is 1.64. The minimum Gasteiger partial charge on any atom is -0.354 e. The lowest BCUT2D eigenvalue weighted by atomic mass is 9.88. The Labute approximate surface area is 135 Å². The van der Waals surface area contributed by atoms with Crippen molar-refractivity contribution in [3.63, 3.8) is 0 Å². The van der Waals surface area contributed by atoms with Gasteiger partial charge >= 0.3 is 0 Å². The standard InChI is InChI=1S/C17H19N5O/c23-17-15-12-22(16-9-19-6-7-20-16)11-14(15)3-8-21(17)10-13-1-4-18-5-2-13/h1-2,4-7,9,14-15H,3,8,10-12H2/t14-,15-/m0/s1. The van der Waals surface area contributed by atoms with Crippen LogP contribution in [0.15, 0.2) is 43.1 Å². The van der Waals surface area contributed by atoms with Crippen LogP contribution in [0.4, 0.5) is 5.82 Å². The molecule has 118 valence electrons. The summed E-state index contributed by atoms with van der Waals surface area (Å²) in [7, 11) is 0. The molecule has 2 aliphatic heterocycles. The molecule has 6 nitrogen and oxygen atoms in total. The van der Waals surface area contributed by atoms with Crippen LogP contribution in [0.3, 0.4) is 0 Å². The number of fused-ring (bicyclic) bond motifs is 1. The lowest BCUT2D eigenvalue weighted by Gasteiger charge is -2.33. The monoisotopic (exact) mass is 309 g/mol. The number of amides is 1. The lowest BCUT2D eigenvalue weighted by molar-refractivity contribution is -0.140. The Morgan fingerprint density at radius 1 is 1.09 bits per heavy atom. The van der Waals surface area contributed by atoms with E-state index in [0.717, 1.165) is 37.4 Å². The van der Waals surface area contributed by atoms with Crippen molar-refractivity contribution in [1.82, 2.24) is 19.9 Å². The Morgan fingerprint density at radius 2 is 1.96 bits per heavy atom. The normalized spacial score (nSPS) is 23.9. The van der Waals surface area contributed by atoms with Gasteiger partial charge in [-0.05, 0) is 30.0 Å². The molecule has 4 rings (SSSR count). The first-order valence-corrected chi connectivity index (χ1v) is 8.00. The third kappa shape index (κ3) is 2.76. The fourth-order valence-electron chi connectivity index (χ4n) is 3.62. The fraction of sp³-hybridized carbons (Fsp3) is 0.412. The number of pyridine rings is 1. The van der Waals surface area contributed by atoms with E-state index in [0.29, 0.717) is 12.5 Å². The van der Waals surface area contributed by atoms with Crippen molar-refractivity contribution in [3.05, 3.63) is 48.7 Å². The number of anilines is 1. The maximum absolute atomic E-state index is 12.8. The number of likely N-dealkylation sites (tertiary alicyclic amines) is 1. The van der Waals surface area contributed by atoms with Gasteiger partial charge in [-0.25, -0.2) is 4.98 Å². The highest BCUT2D eigenvalue weighted by atomic mass is 16.2. The van der Waals surface area contributed by atoms with Crippen molar-refractivity contribution in [2.75, 3.05) is 24.5 Å². The van der Waals surface area contributed by atoms with Crippen LogP contribution in [0, 0.1) is 11.8 Å². The summed E-state index contributed by atoms with van der Waals surface area (Å²) >= 11 is 0. The first kappa shape index (κ1) is 14.1. The van der Waals surface area contributed by atoms with Crippen LogP contribution in [0.1, 0.15) is 12.0 Å². The Kier molecular flexibility index (Phi) is 3.65. The van der Waals surface area contributed by atoms with E-state index in [1.165, 1.54) is 0 Å². The second-order valence-corrected chi connectivity index (χ2v) is 6.24. The van der Waals surface area contributed by atoms with Crippen molar-refractivity contribution in [2.45, 2.75) is 13.0 Å². The van der Waals surface area contributed by atoms with Crippen molar-refractivity contribution >= 4 is 11.7 Å². The van der Waals surface area contributed by atoms with Gasteiger partial charge in [-0.15, -0.1) is 0 Å². The van der Waals surface area contributed by atoms with Crippen LogP contribution in [0.2, 0.25) is 0 Å². The predicted octanol–water partition coefficient (Wildman–Crippen LogP) is 1.36. The molecule has 2 saturated heterocycles. The summed E-state index contributed by atoms with van der Waals surface area (Å²) in [4.78, 5) is 29.5. The Balaban J connectivity index is 1.46. The second-order valence-electron chi connectivity index (χ2n) is 6.24. The Hall–Kier alpha value is -2.50. The SMILES string of the molecule is O=C1[C@H]2CN(c3cnccn3)C[C@@H]2CCN1Cc1ccncc1. The van der Waals surface area contributed by atoms with Gasteiger partial charge in [0, 0.05) is 51.0 Å². The molecule has 2 aromatic heterocycles. The predicted molar refractivity (Wildman–Crippen MR) is 85.5 cm³/mol. The van der Waals surface area contributed by atoms with Gasteiger partial charge < -0.3 is 9.80 Å². The summed E-state index contributed by atoms with van der Waals surface area (Å²) in [6.45, 7) is 3.15. The zero-order chi connectivity index (χ0) is 15.6. The molecular formula is C17H19N5O. The molecule has 0 radical (unpaired) electrons. The molecular weight excluding hydrogens is 290 g/mol. The zero-order valence-corrected chi connectivity index (χ0v) is 12.9. The first-order valence-electron chi connectivity index (χ1n) is 8.00. The van der Waals surface area contributed by atoms with E-state index < -0.39 is 0 Å². The van der Waals surface area contributed by atoms with E-state index in [1.807, 2.05) is 17.0 Å². The Bertz CT molecular complexity index is 678. The summed E-state index contributed by atoms with van der Waals surface area (Å²) < 4.78 is 0. The van der Waals surface area contributed by atoms with Crippen molar-refractivity contribution in [3.8, 4) is 0 Å². The summed E-state index contributed by atoms with van der Waals surface area (Å²) in [5, 5.41) is 0. The molecule has 0 spiro atoms. The van der Waals surface area contributed by atoms with E-state index in [4.69, 9.17) is 0 Å². The molecule has 4 heterocycles. The highest BCUT2D eigenvalue weighted by molar-refractivity contribution is 5.81. The number of piperidine rings is 1. The minimum absolute atomic E-state index is 0.0765. The zero-order valence-electron chi connectivity index (χ0n) is 12.9. The molecule has 0 aliphatic carbocycles. The average Bonchev–Trinajstić information content (AvgIpc) is 3.04. The van der Waals surface area contributed by atoms with Gasteiger partial charge in [0.2, 0.25) is 5.91 Å². The number of nitrogens with zero attached hydrogens (tertiary/aromatic N) is 5. The van der Waals surface area contributed by atoms with Crippen LogP contribution >= 0.6 is 0 Å². The minimum atomic E-state index is 0.0765. The van der Waals surface area contributed by atoms with Crippen LogP contribution in [-0.2, 0) is 11.3 Å². The van der Waals surface area contributed by atoms with Gasteiger partial charge in [0.05, 0.1) is 12.1 Å². The van der Waals surface area contributed by atoms with Gasteiger partial charge in [-0.1, -0.05) is 0 Å². The quantitative estimate of drug-likeness (QED) is 0.856. The highest BCUT2D eigenvalue weighted by Crippen LogP contribution is 2.34. The molecule has 2 fully saturated rings. The van der Waals surface area contributed by atoms with E-state index in [2.05, 4.69) is 19.9 Å². The van der Waals surface area contributed by atoms with E-state index >= 15 is 0 Å². The second kappa shape index (κ2) is 5.95. The van der Waals surface area contributed by atoms with Crippen LogP contribution < -0.4 is 4.90 Å². The molecule has 2 aliphatic rings. The van der Waals surface area contributed by atoms with Gasteiger partial charge in [0.25, 0.3) is 0 Å². The van der Waals surface area contributed by atoms with Gasteiger partial charge in [0.1, 0.15) is 5.82 Å². The third-order valence-corrected chi connectivity index (χ3v) is 4.84. The molecule has 2 atom stereocenters. The summed E-state index contributed by atoms with van der Waals surface area (Å²) in [6.07, 6.45) is 9.76. The maximum atomic E-state index is 12.8. The largest absolute Gasteiger partial charge is 0.354 e. The number of carbonyl (C=O) groups is 1. The molecule has 6 heteroatoms. The van der Waals surface area contributed by atoms with E-state index in [-0.39, 0.29) is 11.8 Å². The Morgan fingerprint density at radius 3 is 2.74 bits per heavy atom. The van der Waals surface area contributed by atoms with Gasteiger partial charge in [0.15, 0.2) is 0 Å². The first-order chi connectivity index (χ1) is 11.3. The van der Waals surface area contributed by atoms with Crippen LogP contribution in [0.5, 0.6) is 0 Å². The topological polar surface area (TPSA) is 62.2 Å². The van der Waals surface area contributed by atoms with Crippen molar-refractivity contribution in [2.24, 2.45) is 11.8 Å². The number of rotatable bonds is 3. The van der Waals surface area contributed by atoms with E-state index in [9.17, 15) is 4.79 Å². The average molecular weight is 309 g/mol. The summed E-state index contributed by atoms with van der Waals surface area (Å²) in [6, 6.07) is 3.94. The fourth-order valence-corrected chi connectivity index (χ4v) is 3.62. The number of carbonyl (C=O) groups excluding carboxylic acids is 1. The highest BCUT2D eigenvalue weighted by Gasteiger charge is 2.43. The van der Waals surface area contributed by atoms with Crippen LogP contribution in [0.25, 0.3) is 0 Å². The molecule has 0 N–H and O–H groups in total. The molecule has 0 unspecified atom stereocenters. The number of hydrogen-bond acceptors (Lipinski definition) is 5. The van der Waals surface area contributed by atoms with Gasteiger partial charge in [-0.2, -0.15) is 0 Å². The molecule has 1 amide bonds. The molecule has 0 bridgehead atoms. The molecule has 2 aromatic rings. The van der Waals surface area contributed by atoms with Gasteiger partial charge in [-0.3, -0.25) is 14.8 Å². The molecule has 0 saturated carbocycles. The third-order valence-electron chi connectivity index (χ3n) is 4.84. The number of aromatic nitrogens is 3. The van der Waals surface area contributed by atoms with Crippen molar-refractivity contribution < 1.29 is 4.79 Å². The van der Waals surface area contributed by atoms with Crippen molar-refractivity contribution in [1.29, 1.82) is 0 Å². The molecule has 23 heavy (non-hydrogen) atoms. The lowest BCUT2D eigenvalue weighted by Crippen LogP contribution is -2.44. The smallest absolute Gasteiger partial charge is 0.228 e. The van der Waals surface area contributed by atoms with Crippen LogP contribution in [-0.4, -0.2) is 45.4 Å². The number of hydrogen-bond donors (Lipinski definition) is 0.